The summed E-state index contributed by atoms with van der Waals surface area (Å²) in [5, 5.41) is 19.1. The fraction of sp³-hybridized carbons (Fsp3) is 0.209. The average Bonchev–Trinajstić information content (AvgIpc) is 0.730. The van der Waals surface area contributed by atoms with Crippen molar-refractivity contribution >= 4 is 142 Å². The minimum atomic E-state index is 0.362. The summed E-state index contributed by atoms with van der Waals surface area (Å²) in [6.45, 7) is 27.5. The average molecular weight is 1320 g/mol. The topological polar surface area (TPSA) is 18.5 Å². The zero-order valence-corrected chi connectivity index (χ0v) is 57.9. The van der Waals surface area contributed by atoms with Crippen molar-refractivity contribution in [1.82, 2.24) is 0 Å². The van der Waals surface area contributed by atoms with Crippen LogP contribution in [0.2, 0.25) is 0 Å². The molecule has 14 aromatic carbocycles. The van der Waals surface area contributed by atoms with Gasteiger partial charge in [-0.1, -0.05) is 297 Å². The first-order valence-electron chi connectivity index (χ1n) is 32.6. The van der Waals surface area contributed by atoms with Gasteiger partial charge in [0.1, 0.15) is 0 Å². The molecule has 0 heterocycles. The summed E-state index contributed by atoms with van der Waals surface area (Å²) >= 11 is 7.30. The van der Waals surface area contributed by atoms with Gasteiger partial charge in [0.25, 0.3) is 0 Å². The molecule has 14 rings (SSSR count). The summed E-state index contributed by atoms with van der Waals surface area (Å²) in [6, 6.07) is 88.9. The van der Waals surface area contributed by atoms with Gasteiger partial charge in [0.05, 0.1) is 22.7 Å². The highest BCUT2D eigenvalue weighted by Gasteiger charge is 2.28. The Morgan fingerprint density at radius 1 is 0.264 bits per heavy atom. The number of rotatable bonds is 14. The number of para-hydroxylation sites is 6. The highest BCUT2D eigenvalue weighted by molar-refractivity contribution is 9.11. The molecule has 0 spiro atoms. The third kappa shape index (κ3) is 12.2. The van der Waals surface area contributed by atoms with E-state index in [1.807, 2.05) is 6.07 Å². The molecule has 5 heteroatoms. The third-order valence-electron chi connectivity index (χ3n) is 18.2. The van der Waals surface area contributed by atoms with Crippen LogP contribution in [0.5, 0.6) is 0 Å². The Bertz CT molecular complexity index is 4500. The molecule has 456 valence electrons. The normalized spacial score (nSPS) is 11.8. The van der Waals surface area contributed by atoms with Gasteiger partial charge < -0.3 is 15.1 Å². The molecular weight excluding hydrogens is 1230 g/mol. The van der Waals surface area contributed by atoms with Crippen LogP contribution in [0.25, 0.3) is 64.6 Å². The van der Waals surface area contributed by atoms with Crippen LogP contribution in [0.4, 0.5) is 45.5 Å². The lowest BCUT2D eigenvalue weighted by atomic mass is 9.88. The van der Waals surface area contributed by atoms with Crippen LogP contribution in [-0.2, 0) is 0 Å². The molecule has 0 amide bonds. The maximum atomic E-state index is 3.65. The van der Waals surface area contributed by atoms with Gasteiger partial charge in [-0.2, -0.15) is 0 Å². The van der Waals surface area contributed by atoms with Crippen LogP contribution < -0.4 is 15.1 Å². The van der Waals surface area contributed by atoms with Crippen LogP contribution in [0.1, 0.15) is 152 Å². The molecule has 0 atom stereocenters. The van der Waals surface area contributed by atoms with Crippen molar-refractivity contribution in [3.63, 3.8) is 0 Å². The largest absolute Gasteiger partial charge is 0.355 e. The number of anilines is 8. The summed E-state index contributed by atoms with van der Waals surface area (Å²) < 4.78 is 2.31. The fourth-order valence-corrected chi connectivity index (χ4v) is 14.6. The lowest BCUT2D eigenvalue weighted by molar-refractivity contribution is 0.831. The number of benzene rings is 14. The Morgan fingerprint density at radius 3 is 0.868 bits per heavy atom. The Labute approximate surface area is 556 Å². The van der Waals surface area contributed by atoms with Crippen LogP contribution in [0.3, 0.4) is 0 Å². The second-order valence-electron chi connectivity index (χ2n) is 26.3. The predicted molar refractivity (Wildman–Crippen MR) is 406 cm³/mol. The molecule has 0 aliphatic rings. The SMILES string of the molecule is Brc1ccc2ccc3c(Br)ccc4ccc1c2c43.CC(C)c1cccc(C(C)C)c1N(c1ccccc1)c1ccc2ccc3c(N(c4ccccc4)c4c(C(C)C)cccc4C(C)C)ccc4ccc1c2c43.CC(C)c1cccc(C(C)C)c1Nc1ccccc1. The van der Waals surface area contributed by atoms with Crippen molar-refractivity contribution in [1.29, 1.82) is 0 Å². The molecule has 0 saturated carbocycles. The van der Waals surface area contributed by atoms with Gasteiger partial charge in [-0.15, -0.1) is 0 Å². The molecular formula is C86H83Br2N3. The summed E-state index contributed by atoms with van der Waals surface area (Å²) in [4.78, 5) is 5.09. The molecule has 0 radical (unpaired) electrons. The van der Waals surface area contributed by atoms with E-state index in [1.54, 1.807) is 0 Å². The lowest BCUT2D eigenvalue weighted by Gasteiger charge is -2.34. The highest BCUT2D eigenvalue weighted by Crippen LogP contribution is 2.52. The quantitative estimate of drug-likeness (QED) is 0.110. The standard InChI is InChI=1S/C52H52N2.C18H23N.C16H8Br2/c1-33(2)41-21-15-22-42(34(3)4)51(41)53(39-17-11-9-12-18-39)47-31-27-37-26-30-46-48(32-28-38-25-29-45(47)49(37)50(38)46)54(40-19-13-10-14-20-40)52-43(35(5)6)23-16-24-44(52)36(7)8;1-13(2)16-11-8-12-17(14(3)4)18(16)19-15-9-6-5-7-10-15;17-13-8-4-10-2-6-12-14(18)7-3-9-1-5-11(13)16(10)15(9)12/h9-36H,1-8H3;5-14,19H,1-4H3;1-8H. The van der Waals surface area contributed by atoms with Gasteiger partial charge in [0.2, 0.25) is 0 Å². The number of hydrogen-bond donors (Lipinski definition) is 1. The van der Waals surface area contributed by atoms with E-state index in [0.29, 0.717) is 35.5 Å². The minimum absolute atomic E-state index is 0.362. The van der Waals surface area contributed by atoms with Gasteiger partial charge in [0, 0.05) is 42.5 Å². The van der Waals surface area contributed by atoms with E-state index in [4.69, 9.17) is 0 Å². The minimum Gasteiger partial charge on any atom is -0.355 e. The Kier molecular flexibility index (Phi) is 18.4. The zero-order valence-electron chi connectivity index (χ0n) is 54.7. The Balaban J connectivity index is 0.000000174. The molecule has 0 aliphatic heterocycles. The molecule has 0 aromatic heterocycles. The number of halogens is 2. The van der Waals surface area contributed by atoms with Crippen molar-refractivity contribution in [2.75, 3.05) is 15.1 Å². The molecule has 1 N–H and O–H groups in total. The third-order valence-corrected chi connectivity index (χ3v) is 19.6. The molecule has 0 unspecified atom stereocenters. The fourth-order valence-electron chi connectivity index (χ4n) is 13.7. The van der Waals surface area contributed by atoms with E-state index in [2.05, 4.69) is 367 Å². The van der Waals surface area contributed by atoms with Gasteiger partial charge >= 0.3 is 0 Å². The van der Waals surface area contributed by atoms with Crippen LogP contribution in [0, 0.1) is 0 Å². The number of nitrogens with zero attached hydrogens (tertiary/aromatic N) is 2. The van der Waals surface area contributed by atoms with Crippen molar-refractivity contribution < 1.29 is 0 Å². The van der Waals surface area contributed by atoms with Crippen molar-refractivity contribution in [3.8, 4) is 0 Å². The zero-order chi connectivity index (χ0) is 63.8. The van der Waals surface area contributed by atoms with Crippen molar-refractivity contribution in [3.05, 3.63) is 285 Å². The van der Waals surface area contributed by atoms with Crippen molar-refractivity contribution in [2.45, 2.75) is 119 Å². The second-order valence-corrected chi connectivity index (χ2v) is 28.0. The maximum absolute atomic E-state index is 3.65. The van der Waals surface area contributed by atoms with Gasteiger partial charge in [-0.25, -0.2) is 0 Å². The maximum Gasteiger partial charge on any atom is 0.0540 e. The molecule has 0 saturated heterocycles. The van der Waals surface area contributed by atoms with Gasteiger partial charge in [0.15, 0.2) is 0 Å². The van der Waals surface area contributed by atoms with Gasteiger partial charge in [-0.05, 0) is 183 Å². The van der Waals surface area contributed by atoms with Crippen molar-refractivity contribution in [2.24, 2.45) is 0 Å². The highest BCUT2D eigenvalue weighted by atomic mass is 79.9. The second kappa shape index (κ2) is 26.8. The molecule has 0 fully saturated rings. The van der Waals surface area contributed by atoms with E-state index < -0.39 is 0 Å². The number of nitrogens with one attached hydrogen (secondary N) is 1. The Morgan fingerprint density at radius 2 is 0.538 bits per heavy atom. The first kappa shape index (κ1) is 62.7. The summed E-state index contributed by atoms with van der Waals surface area (Å²) in [5.41, 5.74) is 18.0. The molecule has 0 aliphatic carbocycles. The van der Waals surface area contributed by atoms with E-state index in [0.717, 1.165) is 14.6 Å². The number of hydrogen-bond acceptors (Lipinski definition) is 3. The van der Waals surface area contributed by atoms with Gasteiger partial charge in [-0.3, -0.25) is 0 Å². The van der Waals surface area contributed by atoms with E-state index in [9.17, 15) is 0 Å². The lowest BCUT2D eigenvalue weighted by Crippen LogP contribution is -2.16. The van der Waals surface area contributed by atoms with Crippen LogP contribution in [0.15, 0.2) is 252 Å². The van der Waals surface area contributed by atoms with E-state index in [1.165, 1.54) is 138 Å². The first-order valence-corrected chi connectivity index (χ1v) is 34.2. The smallest absolute Gasteiger partial charge is 0.0540 e. The predicted octanol–water partition coefficient (Wildman–Crippen LogP) is 27.8. The van der Waals surface area contributed by atoms with E-state index >= 15 is 0 Å². The van der Waals surface area contributed by atoms with Crippen LogP contribution >= 0.6 is 31.9 Å². The molecule has 14 aromatic rings. The summed E-state index contributed by atoms with van der Waals surface area (Å²) in [7, 11) is 0. The first-order chi connectivity index (χ1) is 44.0. The Hall–Kier alpha value is -8.48. The van der Waals surface area contributed by atoms with Crippen LogP contribution in [-0.4, -0.2) is 0 Å². The molecule has 3 nitrogen and oxygen atoms in total. The van der Waals surface area contributed by atoms with E-state index in [-0.39, 0.29) is 0 Å². The summed E-state index contributed by atoms with van der Waals surface area (Å²) in [5.74, 6) is 2.48. The molecule has 0 bridgehead atoms. The summed E-state index contributed by atoms with van der Waals surface area (Å²) in [6.07, 6.45) is 0. The monoisotopic (exact) mass is 1320 g/mol. The molecule has 91 heavy (non-hydrogen) atoms.